The molecule has 0 unspecified atom stereocenters. The van der Waals surface area contributed by atoms with Gasteiger partial charge in [0.15, 0.2) is 5.82 Å². The van der Waals surface area contributed by atoms with Gasteiger partial charge in [0.05, 0.1) is 17.0 Å². The van der Waals surface area contributed by atoms with E-state index in [9.17, 15) is 4.79 Å². The van der Waals surface area contributed by atoms with Crippen molar-refractivity contribution in [3.63, 3.8) is 0 Å². The van der Waals surface area contributed by atoms with Crippen molar-refractivity contribution in [3.05, 3.63) is 102 Å². The van der Waals surface area contributed by atoms with Gasteiger partial charge in [0.1, 0.15) is 0 Å². The predicted molar refractivity (Wildman–Crippen MR) is 133 cm³/mol. The van der Waals surface area contributed by atoms with Gasteiger partial charge in [0.25, 0.3) is 5.91 Å². The Morgan fingerprint density at radius 2 is 1.50 bits per heavy atom. The maximum Gasteiger partial charge on any atom is 0.255 e. The summed E-state index contributed by atoms with van der Waals surface area (Å²) < 4.78 is 1.74. The van der Waals surface area contributed by atoms with Crippen molar-refractivity contribution in [3.8, 4) is 5.69 Å². The van der Waals surface area contributed by atoms with Crippen molar-refractivity contribution in [2.24, 2.45) is 0 Å². The van der Waals surface area contributed by atoms with Gasteiger partial charge in [-0.2, -0.15) is 4.68 Å². The molecule has 0 saturated carbocycles. The number of carbonyl (C=O) groups is 1. The van der Waals surface area contributed by atoms with Crippen molar-refractivity contribution in [2.75, 3.05) is 26.2 Å². The van der Waals surface area contributed by atoms with Crippen molar-refractivity contribution in [2.45, 2.75) is 17.2 Å². The van der Waals surface area contributed by atoms with Crippen molar-refractivity contribution < 1.29 is 4.79 Å². The van der Waals surface area contributed by atoms with Crippen LogP contribution in [0.3, 0.4) is 0 Å². The van der Waals surface area contributed by atoms with E-state index in [4.69, 9.17) is 0 Å². The predicted octanol–water partition coefficient (Wildman–Crippen LogP) is 3.91. The highest BCUT2D eigenvalue weighted by Gasteiger charge is 2.24. The van der Waals surface area contributed by atoms with Gasteiger partial charge in [-0.05, 0) is 40.3 Å². The van der Waals surface area contributed by atoms with Gasteiger partial charge >= 0.3 is 0 Å². The Morgan fingerprint density at radius 3 is 2.26 bits per heavy atom. The van der Waals surface area contributed by atoms with E-state index >= 15 is 0 Å². The number of hydrogen-bond donors (Lipinski definition) is 0. The first-order chi connectivity index (χ1) is 16.8. The molecule has 0 atom stereocenters. The first kappa shape index (κ1) is 22.3. The Morgan fingerprint density at radius 1 is 0.824 bits per heavy atom. The molecule has 1 saturated heterocycles. The van der Waals surface area contributed by atoms with E-state index in [1.54, 1.807) is 16.4 Å². The number of benzene rings is 3. The summed E-state index contributed by atoms with van der Waals surface area (Å²) in [5, 5.41) is 12.2. The average molecular weight is 471 g/mol. The first-order valence-electron chi connectivity index (χ1n) is 11.4. The molecule has 0 radical (unpaired) electrons. The van der Waals surface area contributed by atoms with Gasteiger partial charge < -0.3 is 4.90 Å². The molecule has 34 heavy (non-hydrogen) atoms. The molecule has 1 aromatic heterocycles. The van der Waals surface area contributed by atoms with Gasteiger partial charge in [0.2, 0.25) is 0 Å². The molecule has 8 heteroatoms. The summed E-state index contributed by atoms with van der Waals surface area (Å²) in [6.45, 7) is 4.14. The SMILES string of the molecule is O=C(c1ccccc1SCc1nnnn1-c1ccccc1)N1CCN(Cc2ccccc2)CC1. The van der Waals surface area contributed by atoms with Crippen LogP contribution in [0.2, 0.25) is 0 Å². The molecule has 0 aliphatic carbocycles. The van der Waals surface area contributed by atoms with Crippen molar-refractivity contribution in [1.29, 1.82) is 0 Å². The topological polar surface area (TPSA) is 67.2 Å². The standard InChI is InChI=1S/C26H26N6OS/c33-26(31-17-15-30(16-18-31)19-21-9-3-1-4-10-21)23-13-7-8-14-24(23)34-20-25-27-28-29-32(25)22-11-5-2-6-12-22/h1-14H,15-20H2. The molecule has 1 fully saturated rings. The second-order valence-electron chi connectivity index (χ2n) is 8.18. The molecule has 0 N–H and O–H groups in total. The summed E-state index contributed by atoms with van der Waals surface area (Å²) in [5.41, 5.74) is 2.96. The van der Waals surface area contributed by atoms with E-state index in [0.717, 1.165) is 54.7 Å². The molecular formula is C26H26N6OS. The monoisotopic (exact) mass is 470 g/mol. The van der Waals surface area contributed by atoms with Crippen LogP contribution in [0.5, 0.6) is 0 Å². The fourth-order valence-corrected chi connectivity index (χ4v) is 5.05. The molecule has 1 amide bonds. The number of amides is 1. The quantitative estimate of drug-likeness (QED) is 0.382. The number of rotatable bonds is 7. The third-order valence-electron chi connectivity index (χ3n) is 5.92. The fourth-order valence-electron chi connectivity index (χ4n) is 4.10. The fraction of sp³-hybridized carbons (Fsp3) is 0.231. The molecule has 5 rings (SSSR count). The minimum Gasteiger partial charge on any atom is -0.336 e. The average Bonchev–Trinajstić information content (AvgIpc) is 3.38. The number of piperazine rings is 1. The zero-order chi connectivity index (χ0) is 23.2. The second kappa shape index (κ2) is 10.6. The van der Waals surface area contributed by atoms with Gasteiger partial charge in [-0.15, -0.1) is 16.9 Å². The Balaban J connectivity index is 1.23. The molecule has 0 spiro atoms. The van der Waals surface area contributed by atoms with Crippen LogP contribution in [0.4, 0.5) is 0 Å². The van der Waals surface area contributed by atoms with Gasteiger partial charge in [-0.3, -0.25) is 9.69 Å². The Hall–Kier alpha value is -3.49. The lowest BCUT2D eigenvalue weighted by molar-refractivity contribution is 0.0625. The molecule has 1 aliphatic rings. The Kier molecular flexibility index (Phi) is 6.97. The Labute approximate surface area is 203 Å². The van der Waals surface area contributed by atoms with Crippen LogP contribution < -0.4 is 0 Å². The molecule has 2 heterocycles. The van der Waals surface area contributed by atoms with E-state index in [1.807, 2.05) is 65.6 Å². The largest absolute Gasteiger partial charge is 0.336 e. The van der Waals surface area contributed by atoms with Crippen molar-refractivity contribution in [1.82, 2.24) is 30.0 Å². The molecule has 172 valence electrons. The van der Waals surface area contributed by atoms with E-state index in [2.05, 4.69) is 44.7 Å². The minimum atomic E-state index is 0.0881. The van der Waals surface area contributed by atoms with Crippen LogP contribution in [0.25, 0.3) is 5.69 Å². The Bertz CT molecular complexity index is 1220. The molecule has 3 aromatic carbocycles. The molecule has 1 aliphatic heterocycles. The third-order valence-corrected chi connectivity index (χ3v) is 6.99. The van der Waals surface area contributed by atoms with Crippen LogP contribution in [0, 0.1) is 0 Å². The number of thioether (sulfide) groups is 1. The van der Waals surface area contributed by atoms with Crippen molar-refractivity contribution >= 4 is 17.7 Å². The number of hydrogen-bond acceptors (Lipinski definition) is 6. The highest BCUT2D eigenvalue weighted by molar-refractivity contribution is 7.98. The van der Waals surface area contributed by atoms with Crippen LogP contribution >= 0.6 is 11.8 Å². The number of aromatic nitrogens is 4. The van der Waals surface area contributed by atoms with Crippen LogP contribution in [-0.4, -0.2) is 62.1 Å². The molecule has 4 aromatic rings. The highest BCUT2D eigenvalue weighted by atomic mass is 32.2. The second-order valence-corrected chi connectivity index (χ2v) is 9.20. The summed E-state index contributed by atoms with van der Waals surface area (Å²) in [4.78, 5) is 18.7. The number of nitrogens with zero attached hydrogens (tertiary/aromatic N) is 6. The summed E-state index contributed by atoms with van der Waals surface area (Å²) in [5.74, 6) is 1.40. The zero-order valence-corrected chi connectivity index (χ0v) is 19.6. The number of tetrazole rings is 1. The van der Waals surface area contributed by atoms with Crippen LogP contribution in [0.15, 0.2) is 89.8 Å². The minimum absolute atomic E-state index is 0.0881. The molecule has 7 nitrogen and oxygen atoms in total. The summed E-state index contributed by atoms with van der Waals surface area (Å²) in [6, 6.07) is 28.1. The normalized spacial score (nSPS) is 14.3. The number of para-hydroxylation sites is 1. The van der Waals surface area contributed by atoms with E-state index in [0.29, 0.717) is 5.75 Å². The lowest BCUT2D eigenvalue weighted by Crippen LogP contribution is -2.48. The van der Waals surface area contributed by atoms with Gasteiger partial charge in [-0.1, -0.05) is 60.7 Å². The highest BCUT2D eigenvalue weighted by Crippen LogP contribution is 2.27. The lowest BCUT2D eigenvalue weighted by atomic mass is 10.1. The molecule has 0 bridgehead atoms. The van der Waals surface area contributed by atoms with Crippen LogP contribution in [-0.2, 0) is 12.3 Å². The summed E-state index contributed by atoms with van der Waals surface area (Å²) in [7, 11) is 0. The zero-order valence-electron chi connectivity index (χ0n) is 18.8. The maximum absolute atomic E-state index is 13.4. The number of carbonyl (C=O) groups excluding carboxylic acids is 1. The maximum atomic E-state index is 13.4. The van der Waals surface area contributed by atoms with Gasteiger partial charge in [-0.25, -0.2) is 0 Å². The van der Waals surface area contributed by atoms with E-state index in [1.165, 1.54) is 5.56 Å². The first-order valence-corrected chi connectivity index (χ1v) is 12.4. The van der Waals surface area contributed by atoms with Crippen LogP contribution in [0.1, 0.15) is 21.7 Å². The lowest BCUT2D eigenvalue weighted by Gasteiger charge is -2.35. The molecular weight excluding hydrogens is 444 g/mol. The van der Waals surface area contributed by atoms with E-state index < -0.39 is 0 Å². The smallest absolute Gasteiger partial charge is 0.255 e. The third kappa shape index (κ3) is 5.18. The summed E-state index contributed by atoms with van der Waals surface area (Å²) >= 11 is 1.59. The van der Waals surface area contributed by atoms with E-state index in [-0.39, 0.29) is 5.91 Å². The van der Waals surface area contributed by atoms with Gasteiger partial charge in [0, 0.05) is 37.6 Å². The summed E-state index contributed by atoms with van der Waals surface area (Å²) in [6.07, 6.45) is 0.